The van der Waals surface area contributed by atoms with Gasteiger partial charge in [-0.05, 0) is 25.7 Å². The van der Waals surface area contributed by atoms with Gasteiger partial charge in [0.1, 0.15) is 0 Å². The van der Waals surface area contributed by atoms with Crippen molar-refractivity contribution in [3.05, 3.63) is 11.8 Å². The first-order chi connectivity index (χ1) is 6.81. The quantitative estimate of drug-likeness (QED) is 0.675. The number of ketones is 1. The number of hydrogen-bond acceptors (Lipinski definition) is 2. The van der Waals surface area contributed by atoms with Crippen LogP contribution in [-0.4, -0.2) is 12.4 Å². The second kappa shape index (κ2) is 4.16. The zero-order valence-corrected chi connectivity index (χ0v) is 8.79. The van der Waals surface area contributed by atoms with E-state index in [9.17, 15) is 4.79 Å². The monoisotopic (exact) mass is 194 g/mol. The molecule has 1 saturated carbocycles. The highest BCUT2D eigenvalue weighted by Crippen LogP contribution is 2.38. The van der Waals surface area contributed by atoms with Crippen LogP contribution in [0.4, 0.5) is 0 Å². The van der Waals surface area contributed by atoms with Gasteiger partial charge in [-0.1, -0.05) is 12.8 Å². The van der Waals surface area contributed by atoms with E-state index in [0.717, 1.165) is 18.6 Å². The molecule has 0 saturated heterocycles. The van der Waals surface area contributed by atoms with Crippen molar-refractivity contribution in [2.24, 2.45) is 11.8 Å². The summed E-state index contributed by atoms with van der Waals surface area (Å²) in [4.78, 5) is 11.8. The molecule has 0 N–H and O–H groups in total. The molecule has 0 aromatic carbocycles. The van der Waals surface area contributed by atoms with Crippen LogP contribution in [-0.2, 0) is 9.53 Å². The summed E-state index contributed by atoms with van der Waals surface area (Å²) in [6.45, 7) is 2.65. The standard InChI is InChI=1S/C12H18O2/c1-2-14-10-7-9-5-3-4-6-11(9)12(13)8-10/h8-9,11H,2-7H2,1H3/t9-,11-/m0/s1. The largest absolute Gasteiger partial charge is 0.498 e. The molecule has 2 atom stereocenters. The fourth-order valence-electron chi connectivity index (χ4n) is 2.70. The lowest BCUT2D eigenvalue weighted by Crippen LogP contribution is -2.30. The van der Waals surface area contributed by atoms with Gasteiger partial charge in [0.2, 0.25) is 0 Å². The van der Waals surface area contributed by atoms with E-state index < -0.39 is 0 Å². The zero-order valence-electron chi connectivity index (χ0n) is 8.79. The minimum Gasteiger partial charge on any atom is -0.498 e. The average Bonchev–Trinajstić information content (AvgIpc) is 2.18. The molecule has 2 aliphatic carbocycles. The van der Waals surface area contributed by atoms with Crippen LogP contribution < -0.4 is 0 Å². The lowest BCUT2D eigenvalue weighted by Gasteiger charge is -2.33. The number of rotatable bonds is 2. The molecule has 14 heavy (non-hydrogen) atoms. The van der Waals surface area contributed by atoms with Crippen LogP contribution in [0.25, 0.3) is 0 Å². The van der Waals surface area contributed by atoms with Crippen molar-refractivity contribution in [3.8, 4) is 0 Å². The van der Waals surface area contributed by atoms with Crippen LogP contribution in [0.2, 0.25) is 0 Å². The lowest BCUT2D eigenvalue weighted by atomic mass is 9.72. The van der Waals surface area contributed by atoms with Gasteiger partial charge in [-0.15, -0.1) is 0 Å². The third-order valence-corrected chi connectivity index (χ3v) is 3.37. The minimum absolute atomic E-state index is 0.310. The molecular formula is C12H18O2. The fourth-order valence-corrected chi connectivity index (χ4v) is 2.70. The maximum absolute atomic E-state index is 11.8. The van der Waals surface area contributed by atoms with Gasteiger partial charge in [-0.25, -0.2) is 0 Å². The van der Waals surface area contributed by atoms with Crippen molar-refractivity contribution in [3.63, 3.8) is 0 Å². The molecule has 78 valence electrons. The lowest BCUT2D eigenvalue weighted by molar-refractivity contribution is -0.122. The number of hydrogen-bond donors (Lipinski definition) is 0. The topological polar surface area (TPSA) is 26.3 Å². The predicted octanol–water partition coefficient (Wildman–Crippen LogP) is 2.69. The molecule has 2 rings (SSSR count). The summed E-state index contributed by atoms with van der Waals surface area (Å²) >= 11 is 0. The first-order valence-electron chi connectivity index (χ1n) is 5.68. The molecule has 0 amide bonds. The Morgan fingerprint density at radius 3 is 3.00 bits per heavy atom. The summed E-state index contributed by atoms with van der Waals surface area (Å²) in [7, 11) is 0. The molecule has 1 fully saturated rings. The van der Waals surface area contributed by atoms with Crippen molar-refractivity contribution in [2.75, 3.05) is 6.61 Å². The third kappa shape index (κ3) is 1.84. The Morgan fingerprint density at radius 1 is 1.43 bits per heavy atom. The molecule has 2 heteroatoms. The van der Waals surface area contributed by atoms with Gasteiger partial charge in [-0.3, -0.25) is 4.79 Å². The average molecular weight is 194 g/mol. The highest BCUT2D eigenvalue weighted by molar-refractivity contribution is 5.93. The van der Waals surface area contributed by atoms with Crippen LogP contribution in [0.3, 0.4) is 0 Å². The fraction of sp³-hybridized carbons (Fsp3) is 0.750. The van der Waals surface area contributed by atoms with Gasteiger partial charge < -0.3 is 4.74 Å². The Bertz CT molecular complexity index is 255. The van der Waals surface area contributed by atoms with E-state index in [1.165, 1.54) is 19.3 Å². The summed E-state index contributed by atoms with van der Waals surface area (Å²) < 4.78 is 5.44. The predicted molar refractivity (Wildman–Crippen MR) is 54.8 cm³/mol. The third-order valence-electron chi connectivity index (χ3n) is 3.37. The van der Waals surface area contributed by atoms with Gasteiger partial charge in [0.15, 0.2) is 5.78 Å². The van der Waals surface area contributed by atoms with Crippen molar-refractivity contribution >= 4 is 5.78 Å². The van der Waals surface area contributed by atoms with Crippen LogP contribution in [0.15, 0.2) is 11.8 Å². The SMILES string of the molecule is CCOC1=CC(=O)[C@H]2CCCC[C@H]2C1. The number of ether oxygens (including phenoxy) is 1. The summed E-state index contributed by atoms with van der Waals surface area (Å²) in [6, 6.07) is 0. The normalized spacial score (nSPS) is 32.1. The van der Waals surface area contributed by atoms with Crippen LogP contribution in [0, 0.1) is 11.8 Å². The Kier molecular flexibility index (Phi) is 2.90. The van der Waals surface area contributed by atoms with Crippen LogP contribution in [0.1, 0.15) is 39.0 Å². The summed E-state index contributed by atoms with van der Waals surface area (Å²) in [6.07, 6.45) is 7.54. The van der Waals surface area contributed by atoms with Crippen molar-refractivity contribution in [2.45, 2.75) is 39.0 Å². The molecule has 0 radical (unpaired) electrons. The summed E-state index contributed by atoms with van der Waals surface area (Å²) in [5.74, 6) is 2.11. The van der Waals surface area contributed by atoms with Crippen LogP contribution in [0.5, 0.6) is 0 Å². The van der Waals surface area contributed by atoms with Crippen molar-refractivity contribution < 1.29 is 9.53 Å². The maximum atomic E-state index is 11.8. The van der Waals surface area contributed by atoms with E-state index in [0.29, 0.717) is 24.2 Å². The van der Waals surface area contributed by atoms with Gasteiger partial charge in [0, 0.05) is 18.4 Å². The van der Waals surface area contributed by atoms with Gasteiger partial charge >= 0.3 is 0 Å². The molecule has 2 aliphatic rings. The second-order valence-electron chi connectivity index (χ2n) is 4.30. The van der Waals surface area contributed by atoms with E-state index in [4.69, 9.17) is 4.74 Å². The Labute approximate surface area is 85.3 Å². The van der Waals surface area contributed by atoms with Gasteiger partial charge in [0.05, 0.1) is 12.4 Å². The molecule has 0 aromatic rings. The minimum atomic E-state index is 0.310. The Morgan fingerprint density at radius 2 is 2.21 bits per heavy atom. The van der Waals surface area contributed by atoms with E-state index in [2.05, 4.69) is 0 Å². The molecule has 0 bridgehead atoms. The van der Waals surface area contributed by atoms with E-state index in [-0.39, 0.29) is 0 Å². The maximum Gasteiger partial charge on any atom is 0.162 e. The molecule has 0 unspecified atom stereocenters. The molecule has 0 aromatic heterocycles. The molecule has 2 nitrogen and oxygen atoms in total. The first kappa shape index (κ1) is 9.75. The first-order valence-corrected chi connectivity index (χ1v) is 5.68. The smallest absolute Gasteiger partial charge is 0.162 e. The second-order valence-corrected chi connectivity index (χ2v) is 4.30. The number of carbonyl (C=O) groups is 1. The van der Waals surface area contributed by atoms with Crippen molar-refractivity contribution in [1.29, 1.82) is 0 Å². The molecule has 0 heterocycles. The Hall–Kier alpha value is -0.790. The van der Waals surface area contributed by atoms with E-state index >= 15 is 0 Å². The number of carbonyl (C=O) groups excluding carboxylic acids is 1. The summed E-state index contributed by atoms with van der Waals surface area (Å²) in [5, 5.41) is 0. The highest BCUT2D eigenvalue weighted by atomic mass is 16.5. The molecule has 0 aliphatic heterocycles. The van der Waals surface area contributed by atoms with Gasteiger partial charge in [0.25, 0.3) is 0 Å². The summed E-state index contributed by atoms with van der Waals surface area (Å²) in [5.41, 5.74) is 0. The number of allylic oxidation sites excluding steroid dienone is 2. The van der Waals surface area contributed by atoms with E-state index in [1.807, 2.05) is 6.92 Å². The van der Waals surface area contributed by atoms with E-state index in [1.54, 1.807) is 6.08 Å². The highest BCUT2D eigenvalue weighted by Gasteiger charge is 2.34. The Balaban J connectivity index is 2.09. The molecular weight excluding hydrogens is 176 g/mol. The molecule has 0 spiro atoms. The van der Waals surface area contributed by atoms with Gasteiger partial charge in [-0.2, -0.15) is 0 Å². The van der Waals surface area contributed by atoms with Crippen LogP contribution >= 0.6 is 0 Å². The zero-order chi connectivity index (χ0) is 9.97. The number of fused-ring (bicyclic) bond motifs is 1. The van der Waals surface area contributed by atoms with Crippen molar-refractivity contribution in [1.82, 2.24) is 0 Å².